The number of hydrogen-bond donors (Lipinski definition) is 0. The summed E-state index contributed by atoms with van der Waals surface area (Å²) < 4.78 is 5.60. The maximum absolute atomic E-state index is 5.60. The molecule has 0 unspecified atom stereocenters. The van der Waals surface area contributed by atoms with Gasteiger partial charge in [-0.1, -0.05) is 47.2 Å². The van der Waals surface area contributed by atoms with Gasteiger partial charge in [-0.3, -0.25) is 4.98 Å². The van der Waals surface area contributed by atoms with Crippen molar-refractivity contribution in [2.45, 2.75) is 20.4 Å². The van der Waals surface area contributed by atoms with Gasteiger partial charge in [-0.15, -0.1) is 0 Å². The third kappa shape index (κ3) is 4.63. The summed E-state index contributed by atoms with van der Waals surface area (Å²) in [5.41, 5.74) is 5.82. The highest BCUT2D eigenvalue weighted by Crippen LogP contribution is 2.31. The van der Waals surface area contributed by atoms with Gasteiger partial charge < -0.3 is 4.74 Å². The van der Waals surface area contributed by atoms with Crippen LogP contribution in [0.4, 0.5) is 10.8 Å². The number of hydrogen-bond acceptors (Lipinski definition) is 4. The van der Waals surface area contributed by atoms with Crippen LogP contribution in [-0.4, -0.2) is 11.6 Å². The summed E-state index contributed by atoms with van der Waals surface area (Å²) in [5, 5.41) is 3.25. The zero-order chi connectivity index (χ0) is 20.1. The predicted molar refractivity (Wildman–Crippen MR) is 119 cm³/mol. The molecule has 2 aromatic heterocycles. The third-order valence-corrected chi connectivity index (χ3v) is 5.56. The van der Waals surface area contributed by atoms with Crippen molar-refractivity contribution in [3.8, 4) is 17.0 Å². The van der Waals surface area contributed by atoms with Gasteiger partial charge in [-0.05, 0) is 44.2 Å². The molecule has 2 heterocycles. The van der Waals surface area contributed by atoms with E-state index in [2.05, 4.69) is 69.6 Å². The van der Waals surface area contributed by atoms with Crippen molar-refractivity contribution in [3.63, 3.8) is 0 Å². The van der Waals surface area contributed by atoms with Crippen LogP contribution < -0.4 is 14.6 Å². The Bertz CT molecular complexity index is 1040. The first-order valence-corrected chi connectivity index (χ1v) is 10.6. The van der Waals surface area contributed by atoms with Crippen LogP contribution >= 0.6 is 11.3 Å². The lowest BCUT2D eigenvalue weighted by Crippen LogP contribution is -2.22. The van der Waals surface area contributed by atoms with Gasteiger partial charge in [-0.2, -0.15) is 0 Å². The number of benzene rings is 2. The number of nitrogens with zero attached hydrogens (tertiary/aromatic N) is 2. The Morgan fingerprint density at radius 1 is 1.03 bits per heavy atom. The predicted octanol–water partition coefficient (Wildman–Crippen LogP) is 5.67. The van der Waals surface area contributed by atoms with Gasteiger partial charge in [0.1, 0.15) is 23.7 Å². The Balaban J connectivity index is 1.67. The summed E-state index contributed by atoms with van der Waals surface area (Å²) in [6.07, 6.45) is 3.72. The fraction of sp³-hybridized carbons (Fsp3) is 0.167. The summed E-state index contributed by atoms with van der Waals surface area (Å²) in [7, 11) is 0. The van der Waals surface area contributed by atoms with Crippen molar-refractivity contribution in [2.75, 3.05) is 11.5 Å². The third-order valence-electron chi connectivity index (χ3n) is 4.66. The van der Waals surface area contributed by atoms with Gasteiger partial charge in [0.25, 0.3) is 0 Å². The zero-order valence-electron chi connectivity index (χ0n) is 16.6. The zero-order valence-corrected chi connectivity index (χ0v) is 17.4. The number of aromatic amines is 1. The fourth-order valence-electron chi connectivity index (χ4n) is 3.14. The molecule has 0 atom stereocenters. The molecule has 4 rings (SSSR count). The number of thiazole rings is 1. The number of rotatable bonds is 7. The highest BCUT2D eigenvalue weighted by atomic mass is 32.1. The molecule has 0 amide bonds. The Kier molecular flexibility index (Phi) is 5.86. The van der Waals surface area contributed by atoms with Crippen molar-refractivity contribution in [3.05, 3.63) is 89.6 Å². The molecule has 1 N–H and O–H groups in total. The molecule has 0 fully saturated rings. The second-order valence-electron chi connectivity index (χ2n) is 6.82. The van der Waals surface area contributed by atoms with E-state index in [0.29, 0.717) is 6.61 Å². The lowest BCUT2D eigenvalue weighted by atomic mass is 10.1. The minimum Gasteiger partial charge on any atom is -0.494 e. The molecule has 0 aliphatic heterocycles. The number of nitrogens with one attached hydrogen (secondary N) is 1. The van der Waals surface area contributed by atoms with Crippen molar-refractivity contribution in [2.24, 2.45) is 0 Å². The van der Waals surface area contributed by atoms with E-state index in [-0.39, 0.29) is 0 Å². The largest absolute Gasteiger partial charge is 0.494 e. The Morgan fingerprint density at radius 2 is 1.83 bits per heavy atom. The fourth-order valence-corrected chi connectivity index (χ4v) is 4.03. The average Bonchev–Trinajstić information content (AvgIpc) is 3.24. The summed E-state index contributed by atoms with van der Waals surface area (Å²) in [4.78, 5) is 10.1. The molecule has 0 radical (unpaired) electrons. The number of H-pyrrole nitrogens is 1. The molecule has 0 saturated carbocycles. The van der Waals surface area contributed by atoms with Gasteiger partial charge in [0.05, 0.1) is 6.61 Å². The molecular formula is C24H24N3OS+. The summed E-state index contributed by atoms with van der Waals surface area (Å²) in [6.45, 7) is 5.49. The maximum atomic E-state index is 5.60. The van der Waals surface area contributed by atoms with Crippen molar-refractivity contribution < 1.29 is 9.72 Å². The van der Waals surface area contributed by atoms with E-state index in [1.807, 2.05) is 31.3 Å². The molecule has 5 heteroatoms. The van der Waals surface area contributed by atoms with Crippen molar-refractivity contribution in [1.82, 2.24) is 4.98 Å². The van der Waals surface area contributed by atoms with Crippen LogP contribution in [0, 0.1) is 6.92 Å². The van der Waals surface area contributed by atoms with Crippen LogP contribution in [0.2, 0.25) is 0 Å². The SMILES string of the molecule is CCOc1ccc(N(Cc2cccnc2)c2[nH+]c(-c3ccc(C)cc3)cs2)cc1. The number of pyridine rings is 1. The Hall–Kier alpha value is -3.18. The second-order valence-corrected chi connectivity index (χ2v) is 7.68. The molecule has 0 spiro atoms. The molecule has 4 nitrogen and oxygen atoms in total. The molecular weight excluding hydrogens is 378 g/mol. The summed E-state index contributed by atoms with van der Waals surface area (Å²) in [5.74, 6) is 0.882. The van der Waals surface area contributed by atoms with Crippen LogP contribution in [0.15, 0.2) is 78.4 Å². The van der Waals surface area contributed by atoms with Crippen LogP contribution in [0.3, 0.4) is 0 Å². The Labute approximate surface area is 175 Å². The number of anilines is 2. The van der Waals surface area contributed by atoms with Crippen LogP contribution in [-0.2, 0) is 6.54 Å². The smallest absolute Gasteiger partial charge is 0.339 e. The van der Waals surface area contributed by atoms with Gasteiger partial charge in [0, 0.05) is 28.9 Å². The van der Waals surface area contributed by atoms with E-state index in [4.69, 9.17) is 4.74 Å². The summed E-state index contributed by atoms with van der Waals surface area (Å²) >= 11 is 1.70. The van der Waals surface area contributed by atoms with Crippen LogP contribution in [0.25, 0.3) is 11.3 Å². The van der Waals surface area contributed by atoms with Crippen LogP contribution in [0.1, 0.15) is 18.1 Å². The van der Waals surface area contributed by atoms with E-state index in [0.717, 1.165) is 34.4 Å². The minimum absolute atomic E-state index is 0.664. The quantitative estimate of drug-likeness (QED) is 0.400. The normalized spacial score (nSPS) is 10.7. The minimum atomic E-state index is 0.664. The lowest BCUT2D eigenvalue weighted by Gasteiger charge is -2.15. The van der Waals surface area contributed by atoms with E-state index in [9.17, 15) is 0 Å². The highest BCUT2D eigenvalue weighted by molar-refractivity contribution is 7.13. The Morgan fingerprint density at radius 3 is 2.52 bits per heavy atom. The first-order chi connectivity index (χ1) is 14.2. The van der Waals surface area contributed by atoms with Gasteiger partial charge >= 0.3 is 5.13 Å². The van der Waals surface area contributed by atoms with Crippen LogP contribution in [0.5, 0.6) is 5.75 Å². The molecule has 4 aromatic rings. The topological polar surface area (TPSA) is 39.5 Å². The van der Waals surface area contributed by atoms with Gasteiger partial charge in [0.15, 0.2) is 0 Å². The van der Waals surface area contributed by atoms with E-state index in [1.165, 1.54) is 11.1 Å². The number of ether oxygens (including phenoxy) is 1. The standard InChI is InChI=1S/C24H23N3OS/c1-3-28-22-12-10-21(11-13-22)27(16-19-5-4-14-25-15-19)24-26-23(17-29-24)20-8-6-18(2)7-9-20/h4-15,17H,3,16H2,1-2H3/p+1. The molecule has 0 aliphatic carbocycles. The second kappa shape index (κ2) is 8.88. The highest BCUT2D eigenvalue weighted by Gasteiger charge is 2.22. The summed E-state index contributed by atoms with van der Waals surface area (Å²) in [6, 6.07) is 20.9. The van der Waals surface area contributed by atoms with Gasteiger partial charge in [-0.25, -0.2) is 9.88 Å². The molecule has 0 saturated heterocycles. The molecule has 2 aromatic carbocycles. The lowest BCUT2D eigenvalue weighted by molar-refractivity contribution is -0.343. The van der Waals surface area contributed by atoms with E-state index < -0.39 is 0 Å². The van der Waals surface area contributed by atoms with Crippen molar-refractivity contribution >= 4 is 22.2 Å². The maximum Gasteiger partial charge on any atom is 0.339 e. The number of aromatic nitrogens is 2. The monoisotopic (exact) mass is 402 g/mol. The molecule has 0 bridgehead atoms. The molecule has 0 aliphatic rings. The van der Waals surface area contributed by atoms with E-state index in [1.54, 1.807) is 17.5 Å². The first kappa shape index (κ1) is 19.2. The first-order valence-electron chi connectivity index (χ1n) is 9.70. The van der Waals surface area contributed by atoms with Gasteiger partial charge in [0.2, 0.25) is 0 Å². The molecule has 146 valence electrons. The number of aryl methyl sites for hydroxylation is 1. The molecule has 29 heavy (non-hydrogen) atoms. The van der Waals surface area contributed by atoms with E-state index >= 15 is 0 Å². The van der Waals surface area contributed by atoms with Crippen molar-refractivity contribution in [1.29, 1.82) is 0 Å². The average molecular weight is 403 g/mol.